The molecule has 2 N–H and O–H groups in total. The molecule has 2 rings (SSSR count). The minimum atomic E-state index is 0.502. The van der Waals surface area contributed by atoms with E-state index in [0.717, 1.165) is 24.0 Å². The molecule has 0 spiro atoms. The van der Waals surface area contributed by atoms with Gasteiger partial charge in [-0.05, 0) is 6.42 Å². The smallest absolute Gasteiger partial charge is 0.163 e. The maximum absolute atomic E-state index is 5.72. The SMILES string of the molecule is CCCCCn1ncc2c(N)ncnc21. The van der Waals surface area contributed by atoms with Crippen molar-refractivity contribution in [2.75, 3.05) is 5.73 Å². The molecule has 0 saturated heterocycles. The van der Waals surface area contributed by atoms with Gasteiger partial charge in [0.25, 0.3) is 0 Å². The first-order valence-corrected chi connectivity index (χ1v) is 5.25. The summed E-state index contributed by atoms with van der Waals surface area (Å²) in [5, 5.41) is 5.10. The summed E-state index contributed by atoms with van der Waals surface area (Å²) >= 11 is 0. The molecule has 0 atom stereocenters. The number of anilines is 1. The molecule has 0 bridgehead atoms. The van der Waals surface area contributed by atoms with Crippen molar-refractivity contribution in [1.82, 2.24) is 19.7 Å². The molecule has 15 heavy (non-hydrogen) atoms. The van der Waals surface area contributed by atoms with Crippen molar-refractivity contribution in [3.8, 4) is 0 Å². The lowest BCUT2D eigenvalue weighted by molar-refractivity contribution is 0.564. The molecule has 0 fully saturated rings. The first kappa shape index (κ1) is 9.89. The summed E-state index contributed by atoms with van der Waals surface area (Å²) in [5.74, 6) is 0.502. The summed E-state index contributed by atoms with van der Waals surface area (Å²) in [7, 11) is 0. The van der Waals surface area contributed by atoms with E-state index in [1.165, 1.54) is 19.2 Å². The Morgan fingerprint density at radius 3 is 3.00 bits per heavy atom. The van der Waals surface area contributed by atoms with Crippen LogP contribution in [0.2, 0.25) is 0 Å². The van der Waals surface area contributed by atoms with Gasteiger partial charge in [0, 0.05) is 6.54 Å². The number of rotatable bonds is 4. The predicted octanol–water partition coefficient (Wildman–Crippen LogP) is 1.60. The van der Waals surface area contributed by atoms with Crippen molar-refractivity contribution in [1.29, 1.82) is 0 Å². The molecule has 0 aliphatic heterocycles. The molecule has 0 amide bonds. The number of unbranched alkanes of at least 4 members (excludes halogenated alkanes) is 2. The van der Waals surface area contributed by atoms with Crippen molar-refractivity contribution < 1.29 is 0 Å². The van der Waals surface area contributed by atoms with Crippen LogP contribution in [-0.4, -0.2) is 19.7 Å². The highest BCUT2D eigenvalue weighted by atomic mass is 15.3. The number of nitrogens with two attached hydrogens (primary N) is 1. The highest BCUT2D eigenvalue weighted by Crippen LogP contribution is 2.15. The molecule has 5 heteroatoms. The van der Waals surface area contributed by atoms with Gasteiger partial charge < -0.3 is 5.73 Å². The molecule has 2 aromatic rings. The lowest BCUT2D eigenvalue weighted by atomic mass is 10.2. The Kier molecular flexibility index (Phi) is 2.80. The number of aryl methyl sites for hydroxylation is 1. The highest BCUT2D eigenvalue weighted by molar-refractivity contribution is 5.84. The van der Waals surface area contributed by atoms with Crippen LogP contribution in [0, 0.1) is 0 Å². The Morgan fingerprint density at radius 1 is 1.33 bits per heavy atom. The Bertz CT molecular complexity index is 448. The van der Waals surface area contributed by atoms with Crippen molar-refractivity contribution >= 4 is 16.9 Å². The van der Waals surface area contributed by atoms with Crippen LogP contribution in [-0.2, 0) is 6.54 Å². The Balaban J connectivity index is 2.25. The average Bonchev–Trinajstić information content (AvgIpc) is 2.64. The fraction of sp³-hybridized carbons (Fsp3) is 0.500. The molecule has 2 aromatic heterocycles. The molecule has 2 heterocycles. The number of hydrogen-bond donors (Lipinski definition) is 1. The topological polar surface area (TPSA) is 69.6 Å². The molecular formula is C10H15N5. The maximum atomic E-state index is 5.72. The third-order valence-corrected chi connectivity index (χ3v) is 2.44. The van der Waals surface area contributed by atoms with E-state index in [1.54, 1.807) is 6.20 Å². The zero-order chi connectivity index (χ0) is 10.7. The van der Waals surface area contributed by atoms with Gasteiger partial charge in [-0.1, -0.05) is 19.8 Å². The Hall–Kier alpha value is -1.65. The Morgan fingerprint density at radius 2 is 2.20 bits per heavy atom. The normalized spacial score (nSPS) is 11.0. The van der Waals surface area contributed by atoms with Gasteiger partial charge in [0.2, 0.25) is 0 Å². The first-order valence-electron chi connectivity index (χ1n) is 5.25. The van der Waals surface area contributed by atoms with Crippen LogP contribution in [0.5, 0.6) is 0 Å². The first-order chi connectivity index (χ1) is 7.33. The van der Waals surface area contributed by atoms with E-state index in [1.807, 2.05) is 4.68 Å². The molecule has 0 radical (unpaired) electrons. The van der Waals surface area contributed by atoms with Crippen LogP contribution in [0.3, 0.4) is 0 Å². The van der Waals surface area contributed by atoms with E-state index in [2.05, 4.69) is 22.0 Å². The summed E-state index contributed by atoms with van der Waals surface area (Å²) in [6.07, 6.45) is 6.75. The maximum Gasteiger partial charge on any atom is 0.163 e. The van der Waals surface area contributed by atoms with Gasteiger partial charge in [-0.3, -0.25) is 0 Å². The highest BCUT2D eigenvalue weighted by Gasteiger charge is 2.06. The summed E-state index contributed by atoms with van der Waals surface area (Å²) in [4.78, 5) is 8.12. The lowest BCUT2D eigenvalue weighted by Gasteiger charge is -2.01. The van der Waals surface area contributed by atoms with Gasteiger partial charge >= 0.3 is 0 Å². The number of nitrogen functional groups attached to an aromatic ring is 1. The molecule has 80 valence electrons. The van der Waals surface area contributed by atoms with Gasteiger partial charge in [0.05, 0.1) is 11.6 Å². The monoisotopic (exact) mass is 205 g/mol. The molecular weight excluding hydrogens is 190 g/mol. The van der Waals surface area contributed by atoms with Crippen LogP contribution in [0.15, 0.2) is 12.5 Å². The fourth-order valence-electron chi connectivity index (χ4n) is 1.59. The van der Waals surface area contributed by atoms with Crippen LogP contribution < -0.4 is 5.73 Å². The summed E-state index contributed by atoms with van der Waals surface area (Å²) in [6, 6.07) is 0. The minimum absolute atomic E-state index is 0.502. The second kappa shape index (κ2) is 4.25. The number of nitrogens with zero attached hydrogens (tertiary/aromatic N) is 4. The standard InChI is InChI=1S/C10H15N5/c1-2-3-4-5-15-10-8(6-14-15)9(11)12-7-13-10/h6-7H,2-5H2,1H3,(H2,11,12,13). The van der Waals surface area contributed by atoms with E-state index in [0.29, 0.717) is 5.82 Å². The van der Waals surface area contributed by atoms with E-state index in [-0.39, 0.29) is 0 Å². The van der Waals surface area contributed by atoms with Gasteiger partial charge in [-0.15, -0.1) is 0 Å². The summed E-state index contributed by atoms with van der Waals surface area (Å²) in [6.45, 7) is 3.08. The van der Waals surface area contributed by atoms with Crippen LogP contribution in [0.4, 0.5) is 5.82 Å². The fourth-order valence-corrected chi connectivity index (χ4v) is 1.59. The van der Waals surface area contributed by atoms with Gasteiger partial charge in [-0.2, -0.15) is 5.10 Å². The van der Waals surface area contributed by atoms with Gasteiger partial charge in [0.15, 0.2) is 5.65 Å². The zero-order valence-corrected chi connectivity index (χ0v) is 8.85. The molecule has 0 saturated carbocycles. The minimum Gasteiger partial charge on any atom is -0.383 e. The largest absolute Gasteiger partial charge is 0.383 e. The van der Waals surface area contributed by atoms with Crippen molar-refractivity contribution in [3.63, 3.8) is 0 Å². The molecule has 0 unspecified atom stereocenters. The molecule has 0 aliphatic rings. The predicted molar refractivity (Wildman–Crippen MR) is 59.3 cm³/mol. The van der Waals surface area contributed by atoms with Crippen LogP contribution in [0.25, 0.3) is 11.0 Å². The second-order valence-corrected chi connectivity index (χ2v) is 3.57. The van der Waals surface area contributed by atoms with E-state index < -0.39 is 0 Å². The average molecular weight is 205 g/mol. The lowest BCUT2D eigenvalue weighted by Crippen LogP contribution is -2.01. The number of aromatic nitrogens is 4. The van der Waals surface area contributed by atoms with Crippen LogP contribution >= 0.6 is 0 Å². The third kappa shape index (κ3) is 1.91. The van der Waals surface area contributed by atoms with Gasteiger partial charge in [-0.25, -0.2) is 14.6 Å². The van der Waals surface area contributed by atoms with E-state index in [9.17, 15) is 0 Å². The van der Waals surface area contributed by atoms with Gasteiger partial charge in [0.1, 0.15) is 12.1 Å². The molecule has 0 aromatic carbocycles. The van der Waals surface area contributed by atoms with Crippen molar-refractivity contribution in [2.45, 2.75) is 32.7 Å². The zero-order valence-electron chi connectivity index (χ0n) is 8.85. The molecule has 5 nitrogen and oxygen atoms in total. The Labute approximate surface area is 88.3 Å². The van der Waals surface area contributed by atoms with Crippen molar-refractivity contribution in [3.05, 3.63) is 12.5 Å². The second-order valence-electron chi connectivity index (χ2n) is 3.57. The summed E-state index contributed by atoms with van der Waals surface area (Å²) < 4.78 is 1.89. The van der Waals surface area contributed by atoms with E-state index in [4.69, 9.17) is 5.73 Å². The quantitative estimate of drug-likeness (QED) is 0.770. The van der Waals surface area contributed by atoms with E-state index >= 15 is 0 Å². The van der Waals surface area contributed by atoms with Crippen LogP contribution in [0.1, 0.15) is 26.2 Å². The molecule has 0 aliphatic carbocycles. The number of fused-ring (bicyclic) bond motifs is 1. The number of hydrogen-bond acceptors (Lipinski definition) is 4. The summed E-state index contributed by atoms with van der Waals surface area (Å²) in [5.41, 5.74) is 6.55. The van der Waals surface area contributed by atoms with Crippen molar-refractivity contribution in [2.24, 2.45) is 0 Å². The third-order valence-electron chi connectivity index (χ3n) is 2.44.